The molecule has 0 aromatic heterocycles. The fourth-order valence-corrected chi connectivity index (χ4v) is 1.41. The molecule has 1 aromatic carbocycles. The molecule has 1 rings (SSSR count). The van der Waals surface area contributed by atoms with Crippen LogP contribution in [0.4, 0.5) is 8.78 Å². The molecule has 0 aliphatic heterocycles. The molecule has 0 bridgehead atoms. The van der Waals surface area contributed by atoms with Crippen molar-refractivity contribution < 1.29 is 13.5 Å². The summed E-state index contributed by atoms with van der Waals surface area (Å²) in [6.07, 6.45) is 1.64. The van der Waals surface area contributed by atoms with E-state index in [0.29, 0.717) is 6.61 Å². The molecule has 0 aliphatic rings. The van der Waals surface area contributed by atoms with E-state index in [1.807, 2.05) is 0 Å². The third-order valence-electron chi connectivity index (χ3n) is 2.29. The Hall–Kier alpha value is -1.00. The predicted octanol–water partition coefficient (Wildman–Crippen LogP) is 2.13. The first kappa shape index (κ1) is 13.1. The maximum Gasteiger partial charge on any atom is 0.159 e. The van der Waals surface area contributed by atoms with Crippen LogP contribution >= 0.6 is 0 Å². The van der Waals surface area contributed by atoms with Gasteiger partial charge in [0.05, 0.1) is 6.61 Å². The Balaban J connectivity index is 2.19. The lowest BCUT2D eigenvalue weighted by Gasteiger charge is -2.04. The highest BCUT2D eigenvalue weighted by Gasteiger charge is 2.01. The number of ether oxygens (including phenoxy) is 1. The molecular formula is C12H17F2NO. The molecule has 0 aliphatic carbocycles. The third-order valence-corrected chi connectivity index (χ3v) is 2.29. The molecule has 16 heavy (non-hydrogen) atoms. The van der Waals surface area contributed by atoms with E-state index in [1.54, 1.807) is 13.2 Å². The van der Waals surface area contributed by atoms with E-state index in [9.17, 15) is 8.78 Å². The molecule has 0 saturated carbocycles. The van der Waals surface area contributed by atoms with Crippen molar-refractivity contribution in [2.45, 2.75) is 12.8 Å². The van der Waals surface area contributed by atoms with E-state index in [-0.39, 0.29) is 0 Å². The molecule has 4 heteroatoms. The van der Waals surface area contributed by atoms with Crippen LogP contribution in [-0.2, 0) is 11.2 Å². The third kappa shape index (κ3) is 4.68. The summed E-state index contributed by atoms with van der Waals surface area (Å²) in [5, 5.41) is 3.19. The van der Waals surface area contributed by atoms with E-state index in [2.05, 4.69) is 5.32 Å². The highest BCUT2D eigenvalue weighted by atomic mass is 19.2. The van der Waals surface area contributed by atoms with Gasteiger partial charge in [-0.15, -0.1) is 0 Å². The molecule has 0 unspecified atom stereocenters. The molecular weight excluding hydrogens is 212 g/mol. The largest absolute Gasteiger partial charge is 0.383 e. The van der Waals surface area contributed by atoms with Gasteiger partial charge in [-0.2, -0.15) is 0 Å². The van der Waals surface area contributed by atoms with Gasteiger partial charge in [-0.3, -0.25) is 0 Å². The molecule has 0 amide bonds. The van der Waals surface area contributed by atoms with Gasteiger partial charge in [0.25, 0.3) is 0 Å². The van der Waals surface area contributed by atoms with Gasteiger partial charge in [-0.25, -0.2) is 8.78 Å². The summed E-state index contributed by atoms with van der Waals surface area (Å²) in [6.45, 7) is 2.35. The lowest BCUT2D eigenvalue weighted by molar-refractivity contribution is 0.199. The van der Waals surface area contributed by atoms with Crippen LogP contribution in [0.5, 0.6) is 0 Å². The zero-order valence-corrected chi connectivity index (χ0v) is 9.43. The number of halogens is 2. The number of nitrogens with one attached hydrogen (secondary N) is 1. The summed E-state index contributed by atoms with van der Waals surface area (Å²) < 4.78 is 30.4. The number of methoxy groups -OCH3 is 1. The molecule has 0 heterocycles. The Labute approximate surface area is 94.6 Å². The minimum Gasteiger partial charge on any atom is -0.383 e. The van der Waals surface area contributed by atoms with Gasteiger partial charge >= 0.3 is 0 Å². The van der Waals surface area contributed by atoms with Gasteiger partial charge < -0.3 is 10.1 Å². The Morgan fingerprint density at radius 2 is 2.00 bits per heavy atom. The quantitative estimate of drug-likeness (QED) is 0.723. The molecule has 1 N–H and O–H groups in total. The van der Waals surface area contributed by atoms with Gasteiger partial charge in [-0.1, -0.05) is 6.07 Å². The van der Waals surface area contributed by atoms with Crippen molar-refractivity contribution in [3.63, 3.8) is 0 Å². The maximum absolute atomic E-state index is 12.8. The van der Waals surface area contributed by atoms with Crippen molar-refractivity contribution in [2.24, 2.45) is 0 Å². The van der Waals surface area contributed by atoms with E-state index in [4.69, 9.17) is 4.74 Å². The molecule has 2 nitrogen and oxygen atoms in total. The highest BCUT2D eigenvalue weighted by molar-refractivity contribution is 5.17. The second kappa shape index (κ2) is 7.30. The maximum atomic E-state index is 12.8. The number of hydrogen-bond donors (Lipinski definition) is 1. The number of rotatable bonds is 7. The smallest absolute Gasteiger partial charge is 0.159 e. The monoisotopic (exact) mass is 229 g/mol. The summed E-state index contributed by atoms with van der Waals surface area (Å²) in [4.78, 5) is 0. The second-order valence-corrected chi connectivity index (χ2v) is 3.59. The van der Waals surface area contributed by atoms with E-state index in [1.165, 1.54) is 12.1 Å². The second-order valence-electron chi connectivity index (χ2n) is 3.59. The SMILES string of the molecule is COCCNCCCc1ccc(F)c(F)c1. The highest BCUT2D eigenvalue weighted by Crippen LogP contribution is 2.09. The number of benzene rings is 1. The lowest BCUT2D eigenvalue weighted by Crippen LogP contribution is -2.20. The molecule has 0 fully saturated rings. The first-order chi connectivity index (χ1) is 7.74. The summed E-state index contributed by atoms with van der Waals surface area (Å²) in [5.74, 6) is -1.56. The van der Waals surface area contributed by atoms with Crippen LogP contribution in [0.25, 0.3) is 0 Å². The average Bonchev–Trinajstić information content (AvgIpc) is 2.28. The van der Waals surface area contributed by atoms with Crippen molar-refractivity contribution >= 4 is 0 Å². The summed E-state index contributed by atoms with van der Waals surface area (Å²) in [5.41, 5.74) is 0.826. The zero-order valence-electron chi connectivity index (χ0n) is 9.43. The standard InChI is InChI=1S/C12H17F2NO/c1-16-8-7-15-6-2-3-10-4-5-11(13)12(14)9-10/h4-5,9,15H,2-3,6-8H2,1H3. The Morgan fingerprint density at radius 3 is 2.69 bits per heavy atom. The van der Waals surface area contributed by atoms with Gasteiger partial charge in [0, 0.05) is 13.7 Å². The first-order valence-electron chi connectivity index (χ1n) is 5.37. The van der Waals surface area contributed by atoms with Crippen LogP contribution in [-0.4, -0.2) is 26.8 Å². The molecule has 0 radical (unpaired) electrons. The first-order valence-corrected chi connectivity index (χ1v) is 5.37. The van der Waals surface area contributed by atoms with Crippen LogP contribution < -0.4 is 5.32 Å². The van der Waals surface area contributed by atoms with E-state index >= 15 is 0 Å². The molecule has 0 saturated heterocycles. The van der Waals surface area contributed by atoms with Crippen molar-refractivity contribution in [3.05, 3.63) is 35.4 Å². The lowest BCUT2D eigenvalue weighted by atomic mass is 10.1. The summed E-state index contributed by atoms with van der Waals surface area (Å²) in [6, 6.07) is 4.04. The summed E-state index contributed by atoms with van der Waals surface area (Å²) in [7, 11) is 1.66. The number of aryl methyl sites for hydroxylation is 1. The minimum atomic E-state index is -0.790. The minimum absolute atomic E-state index is 0.686. The van der Waals surface area contributed by atoms with E-state index < -0.39 is 11.6 Å². The van der Waals surface area contributed by atoms with Crippen molar-refractivity contribution in [1.82, 2.24) is 5.32 Å². The van der Waals surface area contributed by atoms with Crippen LogP contribution in [0, 0.1) is 11.6 Å². The topological polar surface area (TPSA) is 21.3 Å². The molecule has 1 aromatic rings. The summed E-state index contributed by atoms with van der Waals surface area (Å²) >= 11 is 0. The van der Waals surface area contributed by atoms with Crippen LogP contribution in [0.3, 0.4) is 0 Å². The van der Waals surface area contributed by atoms with Crippen LogP contribution in [0.15, 0.2) is 18.2 Å². The van der Waals surface area contributed by atoms with Crippen molar-refractivity contribution in [2.75, 3.05) is 26.8 Å². The Bertz CT molecular complexity index is 318. The van der Waals surface area contributed by atoms with Crippen LogP contribution in [0.2, 0.25) is 0 Å². The number of hydrogen-bond acceptors (Lipinski definition) is 2. The average molecular weight is 229 g/mol. The van der Waals surface area contributed by atoms with Gasteiger partial charge in [0.2, 0.25) is 0 Å². The van der Waals surface area contributed by atoms with Gasteiger partial charge in [0.15, 0.2) is 11.6 Å². The molecule has 90 valence electrons. The van der Waals surface area contributed by atoms with Gasteiger partial charge in [0.1, 0.15) is 0 Å². The van der Waals surface area contributed by atoms with Gasteiger partial charge in [-0.05, 0) is 37.1 Å². The Morgan fingerprint density at radius 1 is 1.19 bits per heavy atom. The molecule has 0 atom stereocenters. The fourth-order valence-electron chi connectivity index (χ4n) is 1.41. The zero-order chi connectivity index (χ0) is 11.8. The Kier molecular flexibility index (Phi) is 5.96. The molecule has 0 spiro atoms. The fraction of sp³-hybridized carbons (Fsp3) is 0.500. The van der Waals surface area contributed by atoms with E-state index in [0.717, 1.165) is 31.5 Å². The van der Waals surface area contributed by atoms with Crippen molar-refractivity contribution in [3.8, 4) is 0 Å². The normalized spacial score (nSPS) is 10.7. The predicted molar refractivity (Wildman–Crippen MR) is 59.4 cm³/mol. The van der Waals surface area contributed by atoms with Crippen LogP contribution in [0.1, 0.15) is 12.0 Å². The van der Waals surface area contributed by atoms with Crippen molar-refractivity contribution in [1.29, 1.82) is 0 Å².